The molecule has 3 nitrogen and oxygen atoms in total. The number of halogens is 1. The van der Waals surface area contributed by atoms with Crippen LogP contribution in [0.15, 0.2) is 30.3 Å². The third-order valence-corrected chi connectivity index (χ3v) is 3.83. The van der Waals surface area contributed by atoms with Gasteiger partial charge in [-0.05, 0) is 20.3 Å². The van der Waals surface area contributed by atoms with E-state index >= 15 is 0 Å². The summed E-state index contributed by atoms with van der Waals surface area (Å²) >= 11 is 6.16. The van der Waals surface area contributed by atoms with Crippen molar-refractivity contribution in [3.63, 3.8) is 0 Å². The van der Waals surface area contributed by atoms with E-state index in [-0.39, 0.29) is 11.8 Å². The SMILES string of the molecule is CCC(C(=O)c1ccccc1)n1nc(C)c(Cl)c1C. The van der Waals surface area contributed by atoms with Gasteiger partial charge < -0.3 is 0 Å². The Morgan fingerprint density at radius 1 is 1.32 bits per heavy atom. The Morgan fingerprint density at radius 3 is 2.42 bits per heavy atom. The van der Waals surface area contributed by atoms with E-state index in [1.54, 1.807) is 4.68 Å². The molecule has 2 aromatic rings. The second kappa shape index (κ2) is 5.57. The summed E-state index contributed by atoms with van der Waals surface area (Å²) in [6.07, 6.45) is 0.687. The molecule has 4 heteroatoms. The predicted octanol–water partition coefficient (Wildman–Crippen LogP) is 3.99. The zero-order valence-corrected chi connectivity index (χ0v) is 12.1. The van der Waals surface area contributed by atoms with Crippen molar-refractivity contribution in [1.29, 1.82) is 0 Å². The van der Waals surface area contributed by atoms with E-state index in [2.05, 4.69) is 5.10 Å². The predicted molar refractivity (Wildman–Crippen MR) is 76.8 cm³/mol. The Labute approximate surface area is 118 Å². The van der Waals surface area contributed by atoms with Gasteiger partial charge in [-0.2, -0.15) is 5.10 Å². The highest BCUT2D eigenvalue weighted by atomic mass is 35.5. The summed E-state index contributed by atoms with van der Waals surface area (Å²) in [7, 11) is 0. The number of benzene rings is 1. The van der Waals surface area contributed by atoms with Gasteiger partial charge in [-0.3, -0.25) is 9.48 Å². The highest BCUT2D eigenvalue weighted by molar-refractivity contribution is 6.31. The van der Waals surface area contributed by atoms with Crippen molar-refractivity contribution in [1.82, 2.24) is 9.78 Å². The Bertz CT molecular complexity index is 590. The van der Waals surface area contributed by atoms with E-state index in [0.29, 0.717) is 17.0 Å². The molecule has 0 aliphatic rings. The van der Waals surface area contributed by atoms with Gasteiger partial charge in [0.15, 0.2) is 5.78 Å². The molecular formula is C15H17ClN2O. The van der Waals surface area contributed by atoms with Gasteiger partial charge in [0, 0.05) is 5.56 Å². The lowest BCUT2D eigenvalue weighted by Crippen LogP contribution is -2.21. The van der Waals surface area contributed by atoms with Crippen molar-refractivity contribution in [2.45, 2.75) is 33.2 Å². The molecule has 0 fully saturated rings. The minimum atomic E-state index is -0.298. The number of Topliss-reactive ketones (excluding diaryl/α,β-unsaturated/α-hetero) is 1. The van der Waals surface area contributed by atoms with Crippen LogP contribution in [-0.4, -0.2) is 15.6 Å². The topological polar surface area (TPSA) is 34.9 Å². The molecular weight excluding hydrogens is 260 g/mol. The fraction of sp³-hybridized carbons (Fsp3) is 0.333. The van der Waals surface area contributed by atoms with Gasteiger partial charge in [-0.25, -0.2) is 0 Å². The van der Waals surface area contributed by atoms with Gasteiger partial charge in [0.25, 0.3) is 0 Å². The summed E-state index contributed by atoms with van der Waals surface area (Å²) in [5.41, 5.74) is 2.31. The molecule has 0 radical (unpaired) electrons. The first-order valence-electron chi connectivity index (χ1n) is 6.36. The fourth-order valence-electron chi connectivity index (χ4n) is 2.21. The number of aromatic nitrogens is 2. The molecule has 0 saturated carbocycles. The number of rotatable bonds is 4. The number of carbonyl (C=O) groups is 1. The molecule has 1 aromatic carbocycles. The average molecular weight is 277 g/mol. The monoisotopic (exact) mass is 276 g/mol. The molecule has 1 atom stereocenters. The van der Waals surface area contributed by atoms with Crippen molar-refractivity contribution in [2.75, 3.05) is 0 Å². The summed E-state index contributed by atoms with van der Waals surface area (Å²) in [5, 5.41) is 5.03. The van der Waals surface area contributed by atoms with E-state index in [9.17, 15) is 4.79 Å². The van der Waals surface area contributed by atoms with Crippen LogP contribution in [-0.2, 0) is 0 Å². The number of aryl methyl sites for hydroxylation is 1. The summed E-state index contributed by atoms with van der Waals surface area (Å²) < 4.78 is 1.74. The highest BCUT2D eigenvalue weighted by Gasteiger charge is 2.24. The van der Waals surface area contributed by atoms with E-state index in [1.807, 2.05) is 51.1 Å². The minimum absolute atomic E-state index is 0.0744. The van der Waals surface area contributed by atoms with E-state index in [4.69, 9.17) is 11.6 Å². The zero-order chi connectivity index (χ0) is 14.0. The van der Waals surface area contributed by atoms with Crippen molar-refractivity contribution in [2.24, 2.45) is 0 Å². The number of hydrogen-bond donors (Lipinski definition) is 0. The van der Waals surface area contributed by atoms with Crippen molar-refractivity contribution in [3.05, 3.63) is 52.3 Å². The van der Waals surface area contributed by atoms with E-state index in [1.165, 1.54) is 0 Å². The lowest BCUT2D eigenvalue weighted by Gasteiger charge is -2.16. The summed E-state index contributed by atoms with van der Waals surface area (Å²) in [4.78, 5) is 12.5. The van der Waals surface area contributed by atoms with Gasteiger partial charge >= 0.3 is 0 Å². The molecule has 0 saturated heterocycles. The average Bonchev–Trinajstić information content (AvgIpc) is 2.68. The normalized spacial score (nSPS) is 12.4. The van der Waals surface area contributed by atoms with Crippen LogP contribution in [0.1, 0.15) is 41.1 Å². The second-order valence-electron chi connectivity index (χ2n) is 4.58. The van der Waals surface area contributed by atoms with Crippen molar-refractivity contribution >= 4 is 17.4 Å². The summed E-state index contributed by atoms with van der Waals surface area (Å²) in [6.45, 7) is 5.73. The van der Waals surface area contributed by atoms with Crippen LogP contribution < -0.4 is 0 Å². The molecule has 0 aliphatic carbocycles. The highest BCUT2D eigenvalue weighted by Crippen LogP contribution is 2.25. The molecule has 2 rings (SSSR count). The van der Waals surface area contributed by atoms with Gasteiger partial charge in [-0.15, -0.1) is 0 Å². The van der Waals surface area contributed by atoms with Gasteiger partial charge in [0.05, 0.1) is 16.4 Å². The van der Waals surface area contributed by atoms with Gasteiger partial charge in [0.2, 0.25) is 0 Å². The first-order chi connectivity index (χ1) is 9.06. The molecule has 0 N–H and O–H groups in total. The Morgan fingerprint density at radius 2 is 1.95 bits per heavy atom. The first kappa shape index (κ1) is 13.8. The smallest absolute Gasteiger partial charge is 0.187 e. The lowest BCUT2D eigenvalue weighted by atomic mass is 10.0. The van der Waals surface area contributed by atoms with Crippen LogP contribution in [0.25, 0.3) is 0 Å². The second-order valence-corrected chi connectivity index (χ2v) is 4.96. The maximum Gasteiger partial charge on any atom is 0.187 e. The third kappa shape index (κ3) is 2.56. The number of ketones is 1. The molecule has 1 aromatic heterocycles. The fourth-order valence-corrected chi connectivity index (χ4v) is 2.33. The first-order valence-corrected chi connectivity index (χ1v) is 6.74. The molecule has 1 heterocycles. The summed E-state index contributed by atoms with van der Waals surface area (Å²) in [6, 6.07) is 9.00. The number of nitrogens with zero attached hydrogens (tertiary/aromatic N) is 2. The molecule has 0 bridgehead atoms. The van der Waals surface area contributed by atoms with E-state index < -0.39 is 0 Å². The maximum absolute atomic E-state index is 12.5. The number of carbonyl (C=O) groups excluding carboxylic acids is 1. The van der Waals surface area contributed by atoms with Gasteiger partial charge in [-0.1, -0.05) is 48.9 Å². The molecule has 19 heavy (non-hydrogen) atoms. The van der Waals surface area contributed by atoms with Crippen LogP contribution in [0.5, 0.6) is 0 Å². The Hall–Kier alpha value is -1.61. The van der Waals surface area contributed by atoms with Crippen LogP contribution >= 0.6 is 11.6 Å². The quantitative estimate of drug-likeness (QED) is 0.792. The Balaban J connectivity index is 2.40. The minimum Gasteiger partial charge on any atom is -0.292 e. The third-order valence-electron chi connectivity index (χ3n) is 3.28. The molecule has 100 valence electrons. The summed E-state index contributed by atoms with van der Waals surface area (Å²) in [5.74, 6) is 0.0744. The molecule has 1 unspecified atom stereocenters. The lowest BCUT2D eigenvalue weighted by molar-refractivity contribution is 0.0912. The van der Waals surface area contributed by atoms with Crippen LogP contribution in [0.3, 0.4) is 0 Å². The van der Waals surface area contributed by atoms with Crippen LogP contribution in [0.2, 0.25) is 5.02 Å². The van der Waals surface area contributed by atoms with E-state index in [0.717, 1.165) is 11.4 Å². The van der Waals surface area contributed by atoms with Gasteiger partial charge in [0.1, 0.15) is 6.04 Å². The van der Waals surface area contributed by atoms with Crippen LogP contribution in [0, 0.1) is 13.8 Å². The van der Waals surface area contributed by atoms with Crippen molar-refractivity contribution in [3.8, 4) is 0 Å². The largest absolute Gasteiger partial charge is 0.292 e. The molecule has 0 amide bonds. The van der Waals surface area contributed by atoms with Crippen LogP contribution in [0.4, 0.5) is 0 Å². The Kier molecular flexibility index (Phi) is 4.05. The molecule has 0 spiro atoms. The standard InChI is InChI=1S/C15H17ClN2O/c1-4-13(15(19)12-8-6-5-7-9-12)18-11(3)14(16)10(2)17-18/h5-9,13H,4H2,1-3H3. The van der Waals surface area contributed by atoms with Crippen molar-refractivity contribution < 1.29 is 4.79 Å². The maximum atomic E-state index is 12.5. The zero-order valence-electron chi connectivity index (χ0n) is 11.4. The molecule has 0 aliphatic heterocycles. The number of hydrogen-bond acceptors (Lipinski definition) is 2.